The minimum atomic E-state index is -4.20. The van der Waals surface area contributed by atoms with Crippen LogP contribution in [-0.4, -0.2) is 43.8 Å². The normalized spacial score (nSPS) is 12.9. The highest BCUT2D eigenvalue weighted by molar-refractivity contribution is 7.92. The minimum absolute atomic E-state index is 0.0148. The van der Waals surface area contributed by atoms with Gasteiger partial charge in [-0.2, -0.15) is 0 Å². The summed E-state index contributed by atoms with van der Waals surface area (Å²) in [6, 6.07) is 16.6. The molecule has 0 fully saturated rings. The Bertz CT molecular complexity index is 1490. The van der Waals surface area contributed by atoms with Crippen molar-refractivity contribution in [3.05, 3.63) is 92.9 Å². The van der Waals surface area contributed by atoms with Gasteiger partial charge in [-0.3, -0.25) is 13.9 Å². The van der Waals surface area contributed by atoms with Gasteiger partial charge in [0.2, 0.25) is 11.8 Å². The van der Waals surface area contributed by atoms with Crippen LogP contribution in [0.4, 0.5) is 5.69 Å². The molecule has 41 heavy (non-hydrogen) atoms. The van der Waals surface area contributed by atoms with Gasteiger partial charge in [-0.1, -0.05) is 79.0 Å². The predicted octanol–water partition coefficient (Wildman–Crippen LogP) is 6.87. The number of sulfonamides is 1. The van der Waals surface area contributed by atoms with Crippen molar-refractivity contribution in [1.29, 1.82) is 0 Å². The molecule has 0 bridgehead atoms. The van der Waals surface area contributed by atoms with E-state index in [1.165, 1.54) is 23.1 Å². The molecule has 0 aliphatic rings. The monoisotopic (exact) mass is 637 g/mol. The smallest absolute Gasteiger partial charge is 0.264 e. The number of aryl methyl sites for hydroxylation is 1. The van der Waals surface area contributed by atoms with Crippen LogP contribution in [0.15, 0.2) is 71.6 Å². The second kappa shape index (κ2) is 14.4. The number of nitrogens with zero attached hydrogens (tertiary/aromatic N) is 2. The second-order valence-electron chi connectivity index (χ2n) is 9.75. The number of nitrogens with one attached hydrogen (secondary N) is 1. The number of carbonyl (C=O) groups excluding carboxylic acids is 2. The summed E-state index contributed by atoms with van der Waals surface area (Å²) in [5.41, 5.74) is 1.43. The van der Waals surface area contributed by atoms with Crippen LogP contribution in [0.25, 0.3) is 0 Å². The van der Waals surface area contributed by atoms with Gasteiger partial charge in [0.05, 0.1) is 10.6 Å². The molecule has 0 aromatic heterocycles. The Morgan fingerprint density at radius 1 is 0.902 bits per heavy atom. The van der Waals surface area contributed by atoms with Crippen LogP contribution in [0.3, 0.4) is 0 Å². The number of hydrogen-bond acceptors (Lipinski definition) is 4. The van der Waals surface area contributed by atoms with Crippen molar-refractivity contribution >= 4 is 62.3 Å². The molecule has 0 saturated carbocycles. The molecule has 3 aromatic carbocycles. The van der Waals surface area contributed by atoms with Crippen LogP contribution in [0.5, 0.6) is 0 Å². The number of anilines is 1. The molecule has 220 valence electrons. The summed E-state index contributed by atoms with van der Waals surface area (Å²) in [6.45, 7) is 6.75. The van der Waals surface area contributed by atoms with Crippen molar-refractivity contribution in [2.24, 2.45) is 0 Å². The maximum absolute atomic E-state index is 14.2. The molecular weight excluding hydrogens is 605 g/mol. The molecule has 1 N–H and O–H groups in total. The van der Waals surface area contributed by atoms with E-state index in [0.717, 1.165) is 4.31 Å². The lowest BCUT2D eigenvalue weighted by Gasteiger charge is -2.34. The van der Waals surface area contributed by atoms with Crippen molar-refractivity contribution in [1.82, 2.24) is 10.2 Å². The lowest BCUT2D eigenvalue weighted by Crippen LogP contribution is -2.53. The van der Waals surface area contributed by atoms with Crippen LogP contribution < -0.4 is 9.62 Å². The maximum atomic E-state index is 14.2. The molecule has 0 aliphatic carbocycles. The number of rotatable bonds is 12. The number of amides is 2. The fourth-order valence-corrected chi connectivity index (χ4v) is 6.40. The molecule has 0 aliphatic heterocycles. The fraction of sp³-hybridized carbons (Fsp3) is 0.333. The molecule has 7 nitrogen and oxygen atoms in total. The first-order valence-corrected chi connectivity index (χ1v) is 15.8. The van der Waals surface area contributed by atoms with E-state index in [1.807, 2.05) is 13.8 Å². The fourth-order valence-electron chi connectivity index (χ4n) is 4.28. The average Bonchev–Trinajstić information content (AvgIpc) is 2.94. The zero-order valence-electron chi connectivity index (χ0n) is 23.4. The van der Waals surface area contributed by atoms with E-state index in [9.17, 15) is 18.0 Å². The highest BCUT2D eigenvalue weighted by Gasteiger charge is 2.34. The number of hydrogen-bond donors (Lipinski definition) is 1. The Kier molecular flexibility index (Phi) is 11.5. The summed E-state index contributed by atoms with van der Waals surface area (Å²) in [5.74, 6) is -0.919. The molecule has 0 unspecified atom stereocenters. The molecule has 0 spiro atoms. The Balaban J connectivity index is 2.11. The highest BCUT2D eigenvalue weighted by Crippen LogP contribution is 2.30. The summed E-state index contributed by atoms with van der Waals surface area (Å²) >= 11 is 18.8. The third kappa shape index (κ3) is 8.16. The van der Waals surface area contributed by atoms with Crippen LogP contribution in [0.2, 0.25) is 15.1 Å². The Morgan fingerprint density at radius 3 is 2.15 bits per heavy atom. The first-order valence-electron chi connectivity index (χ1n) is 13.3. The van der Waals surface area contributed by atoms with E-state index in [-0.39, 0.29) is 29.1 Å². The molecule has 2 atom stereocenters. The van der Waals surface area contributed by atoms with Crippen LogP contribution in [0, 0.1) is 6.92 Å². The quantitative estimate of drug-likeness (QED) is 0.235. The zero-order valence-corrected chi connectivity index (χ0v) is 26.5. The van der Waals surface area contributed by atoms with E-state index in [1.54, 1.807) is 62.4 Å². The summed E-state index contributed by atoms with van der Waals surface area (Å²) in [7, 11) is -4.20. The molecule has 0 saturated heterocycles. The molecular formula is C30H34Cl3N3O4S. The molecule has 3 aromatic rings. The highest BCUT2D eigenvalue weighted by atomic mass is 35.5. The molecule has 11 heteroatoms. The topological polar surface area (TPSA) is 86.8 Å². The first kappa shape index (κ1) is 32.7. The largest absolute Gasteiger partial charge is 0.352 e. The summed E-state index contributed by atoms with van der Waals surface area (Å²) in [5, 5.41) is 4.01. The van der Waals surface area contributed by atoms with Gasteiger partial charge in [-0.15, -0.1) is 0 Å². The Hall–Kier alpha value is -2.78. The van der Waals surface area contributed by atoms with E-state index in [0.29, 0.717) is 39.0 Å². The first-order chi connectivity index (χ1) is 19.4. The summed E-state index contributed by atoms with van der Waals surface area (Å²) < 4.78 is 29.0. The number of carbonyl (C=O) groups is 2. The minimum Gasteiger partial charge on any atom is -0.352 e. The van der Waals surface area contributed by atoms with E-state index in [4.69, 9.17) is 34.8 Å². The third-order valence-corrected chi connectivity index (χ3v) is 9.39. The van der Waals surface area contributed by atoms with E-state index in [2.05, 4.69) is 5.32 Å². The standard InChI is InChI=1S/C30H34Cl3N3O4S/c1-5-21(4)34-30(38)27(6-2)35(18-22-13-15-23(31)16-26(22)33)29(37)19-36(28-17-24(32)14-12-20(28)3)41(39,40)25-10-8-7-9-11-25/h7-17,21,27H,5-6,18-19H2,1-4H3,(H,34,38)/t21-,27+/m1/s1. The van der Waals surface area contributed by atoms with Crippen molar-refractivity contribution in [2.75, 3.05) is 10.8 Å². The van der Waals surface area contributed by atoms with Crippen molar-refractivity contribution in [3.8, 4) is 0 Å². The van der Waals surface area contributed by atoms with Crippen molar-refractivity contribution in [2.45, 2.75) is 64.1 Å². The van der Waals surface area contributed by atoms with Crippen molar-refractivity contribution < 1.29 is 18.0 Å². The van der Waals surface area contributed by atoms with Crippen molar-refractivity contribution in [3.63, 3.8) is 0 Å². The number of halogens is 3. The van der Waals surface area contributed by atoms with Gasteiger partial charge in [0, 0.05) is 27.7 Å². The van der Waals surface area contributed by atoms with Crippen LogP contribution in [0.1, 0.15) is 44.7 Å². The van der Waals surface area contributed by atoms with Gasteiger partial charge in [-0.05, 0) is 74.2 Å². The second-order valence-corrected chi connectivity index (χ2v) is 12.9. The molecule has 0 radical (unpaired) electrons. The Morgan fingerprint density at radius 2 is 1.54 bits per heavy atom. The van der Waals surface area contributed by atoms with Gasteiger partial charge < -0.3 is 10.2 Å². The maximum Gasteiger partial charge on any atom is 0.264 e. The lowest BCUT2D eigenvalue weighted by atomic mass is 10.1. The van der Waals surface area contributed by atoms with Crippen LogP contribution in [-0.2, 0) is 26.2 Å². The molecule has 2 amide bonds. The average molecular weight is 639 g/mol. The predicted molar refractivity (Wildman–Crippen MR) is 166 cm³/mol. The summed E-state index contributed by atoms with van der Waals surface area (Å²) in [6.07, 6.45) is 0.997. The van der Waals surface area contributed by atoms with Gasteiger partial charge >= 0.3 is 0 Å². The summed E-state index contributed by atoms with van der Waals surface area (Å²) in [4.78, 5) is 29.0. The van der Waals surface area contributed by atoms with Gasteiger partial charge in [0.25, 0.3) is 10.0 Å². The van der Waals surface area contributed by atoms with Gasteiger partial charge in [0.1, 0.15) is 12.6 Å². The van der Waals surface area contributed by atoms with E-state index < -0.39 is 28.5 Å². The molecule has 3 rings (SSSR count). The lowest BCUT2D eigenvalue weighted by molar-refractivity contribution is -0.140. The van der Waals surface area contributed by atoms with Gasteiger partial charge in [0.15, 0.2) is 0 Å². The van der Waals surface area contributed by atoms with Crippen LogP contribution >= 0.6 is 34.8 Å². The molecule has 0 heterocycles. The Labute approximate surface area is 257 Å². The zero-order chi connectivity index (χ0) is 30.3. The third-order valence-electron chi connectivity index (χ3n) is 6.79. The van der Waals surface area contributed by atoms with E-state index >= 15 is 0 Å². The number of benzene rings is 3. The van der Waals surface area contributed by atoms with Gasteiger partial charge in [-0.25, -0.2) is 8.42 Å². The SMILES string of the molecule is CC[C@@H](C)NC(=O)[C@H](CC)N(Cc1ccc(Cl)cc1Cl)C(=O)CN(c1cc(Cl)ccc1C)S(=O)(=O)c1ccccc1.